The highest BCUT2D eigenvalue weighted by Crippen LogP contribution is 2.16. The SMILES string of the molecule is Cc1ccc(CCc2nc3cc(C)cnc3o2)cc1. The molecule has 0 aliphatic rings. The largest absolute Gasteiger partial charge is 0.422 e. The van der Waals surface area contributed by atoms with E-state index in [2.05, 4.69) is 41.2 Å². The van der Waals surface area contributed by atoms with Crippen molar-refractivity contribution in [3.05, 3.63) is 59.1 Å². The number of aromatic nitrogens is 2. The molecule has 3 heteroatoms. The molecule has 0 fully saturated rings. The van der Waals surface area contributed by atoms with Crippen molar-refractivity contribution in [3.63, 3.8) is 0 Å². The van der Waals surface area contributed by atoms with E-state index in [9.17, 15) is 0 Å². The fourth-order valence-electron chi connectivity index (χ4n) is 2.08. The van der Waals surface area contributed by atoms with Gasteiger partial charge >= 0.3 is 0 Å². The van der Waals surface area contributed by atoms with Gasteiger partial charge in [-0.15, -0.1) is 0 Å². The van der Waals surface area contributed by atoms with Crippen LogP contribution in [-0.2, 0) is 12.8 Å². The highest BCUT2D eigenvalue weighted by molar-refractivity contribution is 5.68. The Morgan fingerprint density at radius 1 is 1.00 bits per heavy atom. The second-order valence-electron chi connectivity index (χ2n) is 4.93. The highest BCUT2D eigenvalue weighted by Gasteiger charge is 2.07. The lowest BCUT2D eigenvalue weighted by Crippen LogP contribution is -1.91. The van der Waals surface area contributed by atoms with Crippen molar-refractivity contribution >= 4 is 11.2 Å². The molecule has 3 nitrogen and oxygen atoms in total. The lowest BCUT2D eigenvalue weighted by molar-refractivity contribution is 0.520. The smallest absolute Gasteiger partial charge is 0.246 e. The zero-order chi connectivity index (χ0) is 13.2. The van der Waals surface area contributed by atoms with Gasteiger partial charge in [0.05, 0.1) is 0 Å². The first-order valence-electron chi connectivity index (χ1n) is 6.48. The molecule has 0 saturated heterocycles. The molecule has 0 N–H and O–H groups in total. The van der Waals surface area contributed by atoms with Crippen LogP contribution >= 0.6 is 0 Å². The van der Waals surface area contributed by atoms with Crippen molar-refractivity contribution < 1.29 is 4.42 Å². The summed E-state index contributed by atoms with van der Waals surface area (Å²) in [6.45, 7) is 4.10. The molecule has 0 radical (unpaired) electrons. The van der Waals surface area contributed by atoms with Gasteiger partial charge in [-0.25, -0.2) is 9.97 Å². The molecule has 1 aromatic carbocycles. The van der Waals surface area contributed by atoms with Crippen LogP contribution in [0.3, 0.4) is 0 Å². The van der Waals surface area contributed by atoms with Gasteiger partial charge in [0.25, 0.3) is 0 Å². The number of hydrogen-bond donors (Lipinski definition) is 0. The number of oxazole rings is 1. The number of aryl methyl sites for hydroxylation is 4. The molecule has 0 spiro atoms. The van der Waals surface area contributed by atoms with Gasteiger partial charge in [-0.2, -0.15) is 0 Å². The first-order valence-corrected chi connectivity index (χ1v) is 6.48. The second kappa shape index (κ2) is 4.84. The summed E-state index contributed by atoms with van der Waals surface area (Å²) in [5, 5.41) is 0. The Bertz CT molecular complexity index is 698. The zero-order valence-corrected chi connectivity index (χ0v) is 11.2. The molecule has 2 heterocycles. The summed E-state index contributed by atoms with van der Waals surface area (Å²) in [6.07, 6.45) is 3.54. The van der Waals surface area contributed by atoms with E-state index in [0.29, 0.717) is 5.71 Å². The minimum atomic E-state index is 0.629. The summed E-state index contributed by atoms with van der Waals surface area (Å²) >= 11 is 0. The predicted octanol–water partition coefficient (Wildman–Crippen LogP) is 3.62. The third-order valence-corrected chi connectivity index (χ3v) is 3.18. The maximum absolute atomic E-state index is 5.65. The van der Waals surface area contributed by atoms with E-state index in [0.717, 1.165) is 29.8 Å². The van der Waals surface area contributed by atoms with Crippen LogP contribution in [0.2, 0.25) is 0 Å². The number of benzene rings is 1. The van der Waals surface area contributed by atoms with Crippen molar-refractivity contribution in [3.8, 4) is 0 Å². The molecular weight excluding hydrogens is 236 g/mol. The molecular formula is C16H16N2O. The maximum atomic E-state index is 5.65. The van der Waals surface area contributed by atoms with Crippen molar-refractivity contribution in [1.82, 2.24) is 9.97 Å². The molecule has 96 valence electrons. The van der Waals surface area contributed by atoms with Gasteiger partial charge < -0.3 is 4.42 Å². The number of rotatable bonds is 3. The fraction of sp³-hybridized carbons (Fsp3) is 0.250. The first-order chi connectivity index (χ1) is 9.20. The molecule has 0 aliphatic heterocycles. The Labute approximate surface area is 112 Å². The van der Waals surface area contributed by atoms with Crippen LogP contribution in [0.25, 0.3) is 11.2 Å². The summed E-state index contributed by atoms with van der Waals surface area (Å²) in [5.41, 5.74) is 5.16. The van der Waals surface area contributed by atoms with E-state index in [1.165, 1.54) is 11.1 Å². The lowest BCUT2D eigenvalue weighted by atomic mass is 10.1. The quantitative estimate of drug-likeness (QED) is 0.714. The predicted molar refractivity (Wildman–Crippen MR) is 75.1 cm³/mol. The van der Waals surface area contributed by atoms with Gasteiger partial charge in [0.15, 0.2) is 5.89 Å². The number of nitrogens with zero attached hydrogens (tertiary/aromatic N) is 2. The van der Waals surface area contributed by atoms with Gasteiger partial charge in [-0.05, 0) is 37.5 Å². The molecule has 3 rings (SSSR count). The Hall–Kier alpha value is -2.16. The van der Waals surface area contributed by atoms with Crippen LogP contribution in [0.1, 0.15) is 22.6 Å². The standard InChI is InChI=1S/C16H16N2O/c1-11-3-5-13(6-4-11)7-8-15-18-14-9-12(2)10-17-16(14)19-15/h3-6,9-10H,7-8H2,1-2H3. The summed E-state index contributed by atoms with van der Waals surface area (Å²) in [7, 11) is 0. The highest BCUT2D eigenvalue weighted by atomic mass is 16.4. The summed E-state index contributed by atoms with van der Waals surface area (Å²) in [4.78, 5) is 8.72. The molecule has 2 aromatic heterocycles. The second-order valence-corrected chi connectivity index (χ2v) is 4.93. The van der Waals surface area contributed by atoms with E-state index in [4.69, 9.17) is 4.42 Å². The number of pyridine rings is 1. The van der Waals surface area contributed by atoms with Crippen LogP contribution in [0.4, 0.5) is 0 Å². The molecule has 0 saturated carbocycles. The van der Waals surface area contributed by atoms with Crippen molar-refractivity contribution in [2.45, 2.75) is 26.7 Å². The van der Waals surface area contributed by atoms with Crippen molar-refractivity contribution in [1.29, 1.82) is 0 Å². The van der Waals surface area contributed by atoms with E-state index < -0.39 is 0 Å². The molecule has 0 aliphatic carbocycles. The van der Waals surface area contributed by atoms with E-state index in [1.54, 1.807) is 6.20 Å². The monoisotopic (exact) mass is 252 g/mol. The third kappa shape index (κ3) is 2.65. The number of fused-ring (bicyclic) bond motifs is 1. The first kappa shape index (κ1) is 11.9. The Morgan fingerprint density at radius 3 is 2.58 bits per heavy atom. The Morgan fingerprint density at radius 2 is 1.79 bits per heavy atom. The van der Waals surface area contributed by atoms with Crippen LogP contribution in [0.15, 0.2) is 40.9 Å². The topological polar surface area (TPSA) is 38.9 Å². The third-order valence-electron chi connectivity index (χ3n) is 3.18. The van der Waals surface area contributed by atoms with Gasteiger partial charge in [0, 0.05) is 12.6 Å². The van der Waals surface area contributed by atoms with E-state index in [-0.39, 0.29) is 0 Å². The average Bonchev–Trinajstić information content (AvgIpc) is 2.80. The van der Waals surface area contributed by atoms with Gasteiger partial charge in [-0.3, -0.25) is 0 Å². The Balaban J connectivity index is 1.76. The van der Waals surface area contributed by atoms with Crippen molar-refractivity contribution in [2.75, 3.05) is 0 Å². The summed E-state index contributed by atoms with van der Waals surface area (Å²) in [5.74, 6) is 0.758. The molecule has 0 bridgehead atoms. The minimum Gasteiger partial charge on any atom is -0.422 e. The molecule has 3 aromatic rings. The van der Waals surface area contributed by atoms with Crippen LogP contribution in [0.5, 0.6) is 0 Å². The van der Waals surface area contributed by atoms with E-state index in [1.807, 2.05) is 13.0 Å². The van der Waals surface area contributed by atoms with Gasteiger partial charge in [0.1, 0.15) is 5.52 Å². The van der Waals surface area contributed by atoms with E-state index >= 15 is 0 Å². The minimum absolute atomic E-state index is 0.629. The van der Waals surface area contributed by atoms with Crippen LogP contribution in [-0.4, -0.2) is 9.97 Å². The lowest BCUT2D eigenvalue weighted by Gasteiger charge is -1.99. The van der Waals surface area contributed by atoms with Gasteiger partial charge in [0.2, 0.25) is 5.71 Å². The summed E-state index contributed by atoms with van der Waals surface area (Å²) in [6, 6.07) is 10.6. The molecule has 19 heavy (non-hydrogen) atoms. The van der Waals surface area contributed by atoms with Crippen LogP contribution < -0.4 is 0 Å². The van der Waals surface area contributed by atoms with Crippen LogP contribution in [0, 0.1) is 13.8 Å². The number of hydrogen-bond acceptors (Lipinski definition) is 3. The fourth-order valence-corrected chi connectivity index (χ4v) is 2.08. The molecule has 0 amide bonds. The van der Waals surface area contributed by atoms with Gasteiger partial charge in [-0.1, -0.05) is 29.8 Å². The van der Waals surface area contributed by atoms with Crippen molar-refractivity contribution in [2.24, 2.45) is 0 Å². The average molecular weight is 252 g/mol. The molecule has 0 atom stereocenters. The Kier molecular flexibility index (Phi) is 3.03. The molecule has 0 unspecified atom stereocenters. The zero-order valence-electron chi connectivity index (χ0n) is 11.2. The normalized spacial score (nSPS) is 11.1. The maximum Gasteiger partial charge on any atom is 0.246 e. The summed E-state index contributed by atoms with van der Waals surface area (Å²) < 4.78 is 5.65.